The van der Waals surface area contributed by atoms with Crippen LogP contribution in [0.1, 0.15) is 25.0 Å². The molecule has 0 atom stereocenters. The Morgan fingerprint density at radius 2 is 1.25 bits per heavy atom. The first-order valence-electron chi connectivity index (χ1n) is 6.91. The lowest BCUT2D eigenvalue weighted by atomic mass is 10.0. The SMILES string of the molecule is CC(C)(C=O)N(Cc1ccccc1)Cc1ccccc1. The highest BCUT2D eigenvalue weighted by atomic mass is 16.1. The van der Waals surface area contributed by atoms with Crippen LogP contribution in [0, 0.1) is 0 Å². The fourth-order valence-electron chi connectivity index (χ4n) is 2.15. The van der Waals surface area contributed by atoms with E-state index in [1.54, 1.807) is 0 Å². The average molecular weight is 267 g/mol. The van der Waals surface area contributed by atoms with Crippen molar-refractivity contribution in [1.82, 2.24) is 4.90 Å². The molecule has 20 heavy (non-hydrogen) atoms. The third-order valence-electron chi connectivity index (χ3n) is 3.54. The van der Waals surface area contributed by atoms with Crippen molar-refractivity contribution in [3.05, 3.63) is 71.8 Å². The molecule has 2 rings (SSSR count). The molecule has 0 saturated heterocycles. The van der Waals surface area contributed by atoms with Crippen molar-refractivity contribution >= 4 is 6.29 Å². The summed E-state index contributed by atoms with van der Waals surface area (Å²) in [6.45, 7) is 5.46. The molecule has 0 amide bonds. The maximum Gasteiger partial charge on any atom is 0.139 e. The minimum Gasteiger partial charge on any atom is -0.301 e. The van der Waals surface area contributed by atoms with Gasteiger partial charge in [0, 0.05) is 13.1 Å². The van der Waals surface area contributed by atoms with E-state index in [0.29, 0.717) is 0 Å². The van der Waals surface area contributed by atoms with Crippen LogP contribution in [0.4, 0.5) is 0 Å². The molecule has 0 saturated carbocycles. The molecule has 0 heterocycles. The molecule has 0 spiro atoms. The Kier molecular flexibility index (Phi) is 4.70. The summed E-state index contributed by atoms with van der Waals surface area (Å²) in [7, 11) is 0. The number of hydrogen-bond donors (Lipinski definition) is 0. The van der Waals surface area contributed by atoms with Gasteiger partial charge in [0.1, 0.15) is 6.29 Å². The van der Waals surface area contributed by atoms with Crippen molar-refractivity contribution < 1.29 is 4.79 Å². The van der Waals surface area contributed by atoms with Gasteiger partial charge in [-0.25, -0.2) is 0 Å². The van der Waals surface area contributed by atoms with Crippen molar-refractivity contribution in [3.63, 3.8) is 0 Å². The van der Waals surface area contributed by atoms with E-state index in [0.717, 1.165) is 19.4 Å². The quantitative estimate of drug-likeness (QED) is 0.744. The predicted octanol–water partition coefficient (Wildman–Crippen LogP) is 3.67. The highest BCUT2D eigenvalue weighted by molar-refractivity contribution is 5.62. The van der Waals surface area contributed by atoms with Gasteiger partial charge in [0.25, 0.3) is 0 Å². The molecule has 2 heteroatoms. The summed E-state index contributed by atoms with van der Waals surface area (Å²) < 4.78 is 0. The van der Waals surface area contributed by atoms with E-state index in [4.69, 9.17) is 0 Å². The predicted molar refractivity (Wildman–Crippen MR) is 82.3 cm³/mol. The van der Waals surface area contributed by atoms with E-state index < -0.39 is 5.54 Å². The van der Waals surface area contributed by atoms with Crippen LogP contribution in [0.15, 0.2) is 60.7 Å². The van der Waals surface area contributed by atoms with E-state index in [1.165, 1.54) is 11.1 Å². The molecule has 0 radical (unpaired) electrons. The summed E-state index contributed by atoms with van der Waals surface area (Å²) in [5, 5.41) is 0. The molecule has 0 bridgehead atoms. The largest absolute Gasteiger partial charge is 0.301 e. The van der Waals surface area contributed by atoms with Gasteiger partial charge in [-0.1, -0.05) is 60.7 Å². The summed E-state index contributed by atoms with van der Waals surface area (Å²) in [4.78, 5) is 13.6. The van der Waals surface area contributed by atoms with Gasteiger partial charge in [-0.3, -0.25) is 4.90 Å². The van der Waals surface area contributed by atoms with Crippen LogP contribution in [0.5, 0.6) is 0 Å². The molecule has 104 valence electrons. The van der Waals surface area contributed by atoms with Crippen LogP contribution in [0.2, 0.25) is 0 Å². The first kappa shape index (κ1) is 14.5. The Morgan fingerprint density at radius 3 is 1.60 bits per heavy atom. The van der Waals surface area contributed by atoms with Gasteiger partial charge in [0.15, 0.2) is 0 Å². The topological polar surface area (TPSA) is 20.3 Å². The van der Waals surface area contributed by atoms with Crippen LogP contribution < -0.4 is 0 Å². The van der Waals surface area contributed by atoms with Gasteiger partial charge in [0.2, 0.25) is 0 Å². The lowest BCUT2D eigenvalue weighted by molar-refractivity contribution is -0.117. The fourth-order valence-corrected chi connectivity index (χ4v) is 2.15. The van der Waals surface area contributed by atoms with Gasteiger partial charge < -0.3 is 4.79 Å². The molecule has 0 N–H and O–H groups in total. The first-order chi connectivity index (χ1) is 9.62. The van der Waals surface area contributed by atoms with Gasteiger partial charge in [-0.05, 0) is 25.0 Å². The third-order valence-corrected chi connectivity index (χ3v) is 3.54. The lowest BCUT2D eigenvalue weighted by Gasteiger charge is -2.34. The maximum atomic E-state index is 11.4. The molecule has 0 aliphatic heterocycles. The maximum absolute atomic E-state index is 11.4. The van der Waals surface area contributed by atoms with Crippen molar-refractivity contribution in [3.8, 4) is 0 Å². The molecule has 2 aromatic carbocycles. The van der Waals surface area contributed by atoms with E-state index in [9.17, 15) is 4.79 Å². The second-order valence-electron chi connectivity index (χ2n) is 5.60. The zero-order valence-electron chi connectivity index (χ0n) is 12.1. The number of aldehydes is 1. The molecule has 2 aromatic rings. The molecule has 0 unspecified atom stereocenters. The normalized spacial score (nSPS) is 11.6. The highest BCUT2D eigenvalue weighted by Crippen LogP contribution is 2.19. The number of carbonyl (C=O) groups is 1. The summed E-state index contributed by atoms with van der Waals surface area (Å²) in [5.41, 5.74) is 1.96. The average Bonchev–Trinajstić information content (AvgIpc) is 2.49. The highest BCUT2D eigenvalue weighted by Gasteiger charge is 2.26. The Morgan fingerprint density at radius 1 is 0.850 bits per heavy atom. The monoisotopic (exact) mass is 267 g/mol. The molecule has 0 aliphatic carbocycles. The van der Waals surface area contributed by atoms with Crippen molar-refractivity contribution in [2.45, 2.75) is 32.5 Å². The zero-order valence-corrected chi connectivity index (χ0v) is 12.1. The Balaban J connectivity index is 2.19. The number of carbonyl (C=O) groups excluding carboxylic acids is 1. The van der Waals surface area contributed by atoms with E-state index in [-0.39, 0.29) is 0 Å². The summed E-state index contributed by atoms with van der Waals surface area (Å²) in [6.07, 6.45) is 1.03. The molecule has 0 aliphatic rings. The van der Waals surface area contributed by atoms with Gasteiger partial charge in [0.05, 0.1) is 5.54 Å². The number of benzene rings is 2. The molecule has 0 fully saturated rings. The summed E-state index contributed by atoms with van der Waals surface area (Å²) in [5.74, 6) is 0. The standard InChI is InChI=1S/C18H21NO/c1-18(2,15-20)19(13-16-9-5-3-6-10-16)14-17-11-7-4-8-12-17/h3-12,15H,13-14H2,1-2H3. The van der Waals surface area contributed by atoms with Crippen LogP contribution in [-0.4, -0.2) is 16.7 Å². The lowest BCUT2D eigenvalue weighted by Crippen LogP contribution is -2.44. The Labute approximate surface area is 121 Å². The Bertz CT molecular complexity index is 492. The van der Waals surface area contributed by atoms with Crippen LogP contribution in [0.25, 0.3) is 0 Å². The van der Waals surface area contributed by atoms with Crippen molar-refractivity contribution in [1.29, 1.82) is 0 Å². The molecule has 0 aromatic heterocycles. The number of rotatable bonds is 6. The number of hydrogen-bond acceptors (Lipinski definition) is 2. The fraction of sp³-hybridized carbons (Fsp3) is 0.278. The van der Waals surface area contributed by atoms with Gasteiger partial charge in [-0.15, -0.1) is 0 Å². The zero-order chi connectivity index (χ0) is 14.4. The summed E-state index contributed by atoms with van der Waals surface area (Å²) in [6, 6.07) is 20.5. The molecular formula is C18H21NO. The second kappa shape index (κ2) is 6.49. The minimum absolute atomic E-state index is 0.480. The molecule has 2 nitrogen and oxygen atoms in total. The third kappa shape index (κ3) is 3.78. The van der Waals surface area contributed by atoms with Crippen LogP contribution >= 0.6 is 0 Å². The van der Waals surface area contributed by atoms with Crippen molar-refractivity contribution in [2.75, 3.05) is 0 Å². The molecular weight excluding hydrogens is 246 g/mol. The summed E-state index contributed by atoms with van der Waals surface area (Å²) >= 11 is 0. The first-order valence-corrected chi connectivity index (χ1v) is 6.91. The van der Waals surface area contributed by atoms with E-state index >= 15 is 0 Å². The van der Waals surface area contributed by atoms with Gasteiger partial charge >= 0.3 is 0 Å². The van der Waals surface area contributed by atoms with E-state index in [1.807, 2.05) is 50.2 Å². The van der Waals surface area contributed by atoms with Crippen LogP contribution in [0.3, 0.4) is 0 Å². The van der Waals surface area contributed by atoms with Crippen LogP contribution in [-0.2, 0) is 17.9 Å². The second-order valence-corrected chi connectivity index (χ2v) is 5.60. The van der Waals surface area contributed by atoms with E-state index in [2.05, 4.69) is 29.2 Å². The Hall–Kier alpha value is -1.93. The van der Waals surface area contributed by atoms with Gasteiger partial charge in [-0.2, -0.15) is 0 Å². The number of nitrogens with zero attached hydrogens (tertiary/aromatic N) is 1. The van der Waals surface area contributed by atoms with Crippen molar-refractivity contribution in [2.24, 2.45) is 0 Å². The minimum atomic E-state index is -0.480. The smallest absolute Gasteiger partial charge is 0.139 e.